The fraction of sp³-hybridized carbons (Fsp3) is 0.304. The fourth-order valence-electron chi connectivity index (χ4n) is 3.09. The smallest absolute Gasteiger partial charge is 0.258 e. The molecule has 146 valence electrons. The van der Waals surface area contributed by atoms with E-state index in [4.69, 9.17) is 4.74 Å². The number of aryl methyl sites for hydroxylation is 3. The molecular formula is C23H27N3O2. The van der Waals surface area contributed by atoms with Crippen LogP contribution in [0.15, 0.2) is 48.5 Å². The van der Waals surface area contributed by atoms with Crippen LogP contribution in [0.1, 0.15) is 33.6 Å². The Morgan fingerprint density at radius 1 is 1.04 bits per heavy atom. The third-order valence-corrected chi connectivity index (χ3v) is 5.02. The maximum absolute atomic E-state index is 12.2. The maximum Gasteiger partial charge on any atom is 0.258 e. The van der Waals surface area contributed by atoms with Gasteiger partial charge in [0.25, 0.3) is 5.91 Å². The number of nitrogens with zero attached hydrogens (tertiary/aromatic N) is 2. The van der Waals surface area contributed by atoms with Gasteiger partial charge in [-0.25, -0.2) is 0 Å². The Morgan fingerprint density at radius 3 is 2.50 bits per heavy atom. The number of carbonyl (C=O) groups is 1. The van der Waals surface area contributed by atoms with E-state index in [-0.39, 0.29) is 12.5 Å². The highest BCUT2D eigenvalue weighted by Gasteiger charge is 2.13. The van der Waals surface area contributed by atoms with E-state index in [9.17, 15) is 4.79 Å². The SMILES string of the molecule is Cc1ccc(OCC(=O)NCc2c(C)nn(Cc3ccccc3)c2C)cc1C. The molecule has 28 heavy (non-hydrogen) atoms. The number of carbonyl (C=O) groups excluding carboxylic acids is 1. The molecule has 0 spiro atoms. The molecule has 5 nitrogen and oxygen atoms in total. The van der Waals surface area contributed by atoms with E-state index < -0.39 is 0 Å². The van der Waals surface area contributed by atoms with E-state index >= 15 is 0 Å². The Kier molecular flexibility index (Phi) is 6.14. The minimum atomic E-state index is -0.146. The van der Waals surface area contributed by atoms with Gasteiger partial charge in [-0.1, -0.05) is 36.4 Å². The Bertz CT molecular complexity index is 961. The van der Waals surface area contributed by atoms with Crippen molar-refractivity contribution in [2.24, 2.45) is 0 Å². The molecule has 3 rings (SSSR count). The molecule has 5 heteroatoms. The van der Waals surface area contributed by atoms with Gasteiger partial charge in [0.2, 0.25) is 0 Å². The average molecular weight is 377 g/mol. The van der Waals surface area contributed by atoms with Crippen LogP contribution in [0.2, 0.25) is 0 Å². The zero-order valence-electron chi connectivity index (χ0n) is 17.0. The number of hydrogen-bond donors (Lipinski definition) is 1. The zero-order valence-corrected chi connectivity index (χ0v) is 17.0. The summed E-state index contributed by atoms with van der Waals surface area (Å²) in [5, 5.41) is 7.57. The lowest BCUT2D eigenvalue weighted by Gasteiger charge is -2.10. The molecule has 0 radical (unpaired) electrons. The van der Waals surface area contributed by atoms with Crippen LogP contribution in [0.4, 0.5) is 0 Å². The molecule has 0 aliphatic rings. The van der Waals surface area contributed by atoms with Crippen molar-refractivity contribution in [2.75, 3.05) is 6.61 Å². The summed E-state index contributed by atoms with van der Waals surface area (Å²) in [5.74, 6) is 0.564. The second-order valence-electron chi connectivity index (χ2n) is 7.10. The highest BCUT2D eigenvalue weighted by Crippen LogP contribution is 2.17. The first-order valence-electron chi connectivity index (χ1n) is 9.47. The number of nitrogens with one attached hydrogen (secondary N) is 1. The molecule has 3 aromatic rings. The topological polar surface area (TPSA) is 56.1 Å². The number of aromatic nitrogens is 2. The van der Waals surface area contributed by atoms with Crippen molar-refractivity contribution in [2.45, 2.75) is 40.8 Å². The first-order chi connectivity index (χ1) is 13.4. The Labute approximate surface area is 166 Å². The van der Waals surface area contributed by atoms with Crippen molar-refractivity contribution in [3.63, 3.8) is 0 Å². The van der Waals surface area contributed by atoms with Crippen LogP contribution in [0.5, 0.6) is 5.75 Å². The third-order valence-electron chi connectivity index (χ3n) is 5.02. The second-order valence-corrected chi connectivity index (χ2v) is 7.10. The molecule has 0 unspecified atom stereocenters. The predicted octanol–water partition coefficient (Wildman–Crippen LogP) is 3.86. The first kappa shape index (κ1) is 19.7. The van der Waals surface area contributed by atoms with Crippen LogP contribution in [0.25, 0.3) is 0 Å². The lowest BCUT2D eigenvalue weighted by atomic mass is 10.1. The Hall–Kier alpha value is -3.08. The van der Waals surface area contributed by atoms with E-state index in [0.29, 0.717) is 12.3 Å². The van der Waals surface area contributed by atoms with E-state index in [1.165, 1.54) is 11.1 Å². The summed E-state index contributed by atoms with van der Waals surface area (Å²) in [6.45, 7) is 9.25. The van der Waals surface area contributed by atoms with Gasteiger partial charge in [-0.15, -0.1) is 0 Å². The molecule has 0 bridgehead atoms. The van der Waals surface area contributed by atoms with Gasteiger partial charge in [0, 0.05) is 17.8 Å². The van der Waals surface area contributed by atoms with Crippen LogP contribution in [-0.4, -0.2) is 22.3 Å². The molecule has 0 saturated heterocycles. The highest BCUT2D eigenvalue weighted by molar-refractivity contribution is 5.77. The monoisotopic (exact) mass is 377 g/mol. The van der Waals surface area contributed by atoms with Crippen molar-refractivity contribution in [1.29, 1.82) is 0 Å². The summed E-state index contributed by atoms with van der Waals surface area (Å²) >= 11 is 0. The minimum Gasteiger partial charge on any atom is -0.484 e. The fourth-order valence-corrected chi connectivity index (χ4v) is 3.09. The van der Waals surface area contributed by atoms with Crippen LogP contribution in [-0.2, 0) is 17.9 Å². The van der Waals surface area contributed by atoms with E-state index in [0.717, 1.165) is 29.1 Å². The van der Waals surface area contributed by atoms with E-state index in [2.05, 4.69) is 29.5 Å². The number of benzene rings is 2. The second kappa shape index (κ2) is 8.74. The van der Waals surface area contributed by atoms with Gasteiger partial charge >= 0.3 is 0 Å². The van der Waals surface area contributed by atoms with Gasteiger partial charge < -0.3 is 10.1 Å². The first-order valence-corrected chi connectivity index (χ1v) is 9.47. The van der Waals surface area contributed by atoms with Crippen molar-refractivity contribution < 1.29 is 9.53 Å². The van der Waals surface area contributed by atoms with Crippen LogP contribution in [0.3, 0.4) is 0 Å². The summed E-state index contributed by atoms with van der Waals surface area (Å²) in [6, 6.07) is 16.1. The number of amides is 1. The summed E-state index contributed by atoms with van der Waals surface area (Å²) in [6.07, 6.45) is 0. The van der Waals surface area contributed by atoms with Crippen LogP contribution >= 0.6 is 0 Å². The standard InChI is InChI=1S/C23H27N3O2/c1-16-10-11-21(12-17(16)2)28-15-23(27)24-13-22-18(3)25-26(19(22)4)14-20-8-6-5-7-9-20/h5-12H,13-15H2,1-4H3,(H,24,27). The minimum absolute atomic E-state index is 0.00124. The van der Waals surface area contributed by atoms with Gasteiger partial charge in [0.05, 0.1) is 12.2 Å². The highest BCUT2D eigenvalue weighted by atomic mass is 16.5. The molecule has 0 atom stereocenters. The lowest BCUT2D eigenvalue weighted by Crippen LogP contribution is -2.28. The van der Waals surface area contributed by atoms with Crippen LogP contribution < -0.4 is 10.1 Å². The summed E-state index contributed by atoms with van der Waals surface area (Å²) in [5.41, 5.74) is 6.60. The summed E-state index contributed by atoms with van der Waals surface area (Å²) in [4.78, 5) is 12.2. The van der Waals surface area contributed by atoms with E-state index in [1.54, 1.807) is 0 Å². The Morgan fingerprint density at radius 2 is 1.79 bits per heavy atom. The molecule has 1 N–H and O–H groups in total. The summed E-state index contributed by atoms with van der Waals surface area (Å²) in [7, 11) is 0. The molecule has 1 heterocycles. The summed E-state index contributed by atoms with van der Waals surface area (Å²) < 4.78 is 7.59. The molecule has 2 aromatic carbocycles. The quantitative estimate of drug-likeness (QED) is 0.680. The molecule has 1 aromatic heterocycles. The number of ether oxygens (including phenoxy) is 1. The maximum atomic E-state index is 12.2. The molecule has 0 fully saturated rings. The number of hydrogen-bond acceptors (Lipinski definition) is 3. The molecular weight excluding hydrogens is 350 g/mol. The third kappa shape index (κ3) is 4.80. The van der Waals surface area contributed by atoms with Gasteiger partial charge in [-0.05, 0) is 56.5 Å². The van der Waals surface area contributed by atoms with Crippen molar-refractivity contribution in [3.8, 4) is 5.75 Å². The average Bonchev–Trinajstić information content (AvgIpc) is 2.95. The van der Waals surface area contributed by atoms with Gasteiger partial charge in [0.1, 0.15) is 5.75 Å². The van der Waals surface area contributed by atoms with E-state index in [1.807, 2.05) is 61.9 Å². The van der Waals surface area contributed by atoms with Gasteiger partial charge in [-0.3, -0.25) is 9.48 Å². The normalized spacial score (nSPS) is 10.7. The van der Waals surface area contributed by atoms with Gasteiger partial charge in [-0.2, -0.15) is 5.10 Å². The zero-order chi connectivity index (χ0) is 20.1. The van der Waals surface area contributed by atoms with Gasteiger partial charge in [0.15, 0.2) is 6.61 Å². The lowest BCUT2D eigenvalue weighted by molar-refractivity contribution is -0.123. The predicted molar refractivity (Wildman–Crippen MR) is 111 cm³/mol. The largest absolute Gasteiger partial charge is 0.484 e. The molecule has 0 saturated carbocycles. The molecule has 0 aliphatic heterocycles. The van der Waals surface area contributed by atoms with Crippen LogP contribution in [0, 0.1) is 27.7 Å². The molecule has 0 aliphatic carbocycles. The van der Waals surface area contributed by atoms with Crippen molar-refractivity contribution in [3.05, 3.63) is 82.2 Å². The molecule has 1 amide bonds. The van der Waals surface area contributed by atoms with Crippen molar-refractivity contribution in [1.82, 2.24) is 15.1 Å². The van der Waals surface area contributed by atoms with Crippen molar-refractivity contribution >= 4 is 5.91 Å². The Balaban J connectivity index is 1.56. The number of rotatable bonds is 7.